The predicted octanol–water partition coefficient (Wildman–Crippen LogP) is 3.97. The predicted molar refractivity (Wildman–Crippen MR) is 127 cm³/mol. The smallest absolute Gasteiger partial charge is 0.410 e. The average Bonchev–Trinajstić information content (AvgIpc) is 3.74. The number of piperazine rings is 1. The van der Waals surface area contributed by atoms with Crippen molar-refractivity contribution in [2.75, 3.05) is 32.7 Å². The first kappa shape index (κ1) is 23.4. The van der Waals surface area contributed by atoms with Crippen LogP contribution < -0.4 is 0 Å². The first-order valence-corrected chi connectivity index (χ1v) is 14.2. The minimum absolute atomic E-state index is 0.0197. The third-order valence-electron chi connectivity index (χ3n) is 7.89. The fourth-order valence-corrected chi connectivity index (χ4v) is 7.73. The molecule has 0 bridgehead atoms. The summed E-state index contributed by atoms with van der Waals surface area (Å²) in [6.07, 6.45) is 5.86. The standard InChI is InChI=1S/C24H34ClN3O4S/c1-2-26-14-16-27(17-15-26)23(29)32-24(12-13-24)22-5-3-4-21(18-6-7-18)28(22)33(30,31)20-10-8-19(25)9-11-20/h8-11,18,21-22H,2-7,12-17H2,1H3/t21-,22+/m0/s1. The molecule has 0 aromatic heterocycles. The van der Waals surface area contributed by atoms with E-state index in [9.17, 15) is 13.2 Å². The van der Waals surface area contributed by atoms with Crippen LogP contribution in [0.2, 0.25) is 5.02 Å². The van der Waals surface area contributed by atoms with Gasteiger partial charge in [0.05, 0.1) is 10.9 Å². The first-order valence-electron chi connectivity index (χ1n) is 12.3. The Balaban J connectivity index is 1.39. The Morgan fingerprint density at radius 1 is 1.06 bits per heavy atom. The van der Waals surface area contributed by atoms with Crippen molar-refractivity contribution in [2.24, 2.45) is 5.92 Å². The molecule has 0 unspecified atom stereocenters. The maximum Gasteiger partial charge on any atom is 0.410 e. The number of likely N-dealkylation sites (N-methyl/N-ethyl adjacent to an activating group) is 1. The molecule has 33 heavy (non-hydrogen) atoms. The quantitative estimate of drug-likeness (QED) is 0.597. The second-order valence-electron chi connectivity index (χ2n) is 9.99. The molecule has 0 radical (unpaired) electrons. The molecule has 4 fully saturated rings. The molecule has 2 aliphatic heterocycles. The Morgan fingerprint density at radius 2 is 1.73 bits per heavy atom. The number of rotatable bonds is 6. The molecule has 1 amide bonds. The second kappa shape index (κ2) is 9.02. The lowest BCUT2D eigenvalue weighted by Crippen LogP contribution is -2.58. The fourth-order valence-electron chi connectivity index (χ4n) is 5.61. The van der Waals surface area contributed by atoms with Crippen molar-refractivity contribution in [3.63, 3.8) is 0 Å². The van der Waals surface area contributed by atoms with Gasteiger partial charge in [-0.15, -0.1) is 0 Å². The molecule has 4 aliphatic rings. The molecule has 2 saturated carbocycles. The van der Waals surface area contributed by atoms with E-state index < -0.39 is 15.6 Å². The summed E-state index contributed by atoms with van der Waals surface area (Å²) in [7, 11) is -3.73. The van der Waals surface area contributed by atoms with E-state index in [1.54, 1.807) is 33.5 Å². The van der Waals surface area contributed by atoms with E-state index in [0.717, 1.165) is 64.6 Å². The normalized spacial score (nSPS) is 28.5. The van der Waals surface area contributed by atoms with Crippen molar-refractivity contribution < 1.29 is 17.9 Å². The number of hydrogen-bond acceptors (Lipinski definition) is 5. The number of carbonyl (C=O) groups excluding carboxylic acids is 1. The van der Waals surface area contributed by atoms with Gasteiger partial charge in [0.25, 0.3) is 0 Å². The van der Waals surface area contributed by atoms with E-state index in [-0.39, 0.29) is 23.1 Å². The number of piperidine rings is 1. The van der Waals surface area contributed by atoms with Crippen molar-refractivity contribution in [3.05, 3.63) is 29.3 Å². The van der Waals surface area contributed by atoms with Gasteiger partial charge < -0.3 is 14.5 Å². The summed E-state index contributed by atoms with van der Waals surface area (Å²) in [5, 5.41) is 0.513. The van der Waals surface area contributed by atoms with Crippen LogP contribution >= 0.6 is 11.6 Å². The van der Waals surface area contributed by atoms with Gasteiger partial charge in [0, 0.05) is 37.2 Å². The third kappa shape index (κ3) is 4.64. The highest BCUT2D eigenvalue weighted by molar-refractivity contribution is 7.89. The molecule has 9 heteroatoms. The summed E-state index contributed by atoms with van der Waals surface area (Å²) in [4.78, 5) is 17.5. The lowest BCUT2D eigenvalue weighted by Gasteiger charge is -2.45. The molecular weight excluding hydrogens is 462 g/mol. The summed E-state index contributed by atoms with van der Waals surface area (Å²) in [6, 6.07) is 6.11. The van der Waals surface area contributed by atoms with Crippen molar-refractivity contribution >= 4 is 27.7 Å². The van der Waals surface area contributed by atoms with Crippen molar-refractivity contribution in [1.82, 2.24) is 14.1 Å². The van der Waals surface area contributed by atoms with Gasteiger partial charge in [-0.1, -0.05) is 24.9 Å². The van der Waals surface area contributed by atoms with Crippen molar-refractivity contribution in [2.45, 2.75) is 74.4 Å². The van der Waals surface area contributed by atoms with Crippen LogP contribution in [0.1, 0.15) is 51.9 Å². The number of sulfonamides is 1. The van der Waals surface area contributed by atoms with Gasteiger partial charge in [-0.3, -0.25) is 0 Å². The van der Waals surface area contributed by atoms with Crippen LogP contribution in [0.25, 0.3) is 0 Å². The highest BCUT2D eigenvalue weighted by Gasteiger charge is 2.61. The molecule has 5 rings (SSSR count). The van der Waals surface area contributed by atoms with Crippen LogP contribution in [0.4, 0.5) is 4.79 Å². The number of carbonyl (C=O) groups is 1. The summed E-state index contributed by atoms with van der Waals surface area (Å²) in [5.74, 6) is 0.406. The van der Waals surface area contributed by atoms with Crippen LogP contribution in [0.15, 0.2) is 29.2 Å². The number of amides is 1. The summed E-state index contributed by atoms with van der Waals surface area (Å²) >= 11 is 6.02. The maximum absolute atomic E-state index is 13.9. The van der Waals surface area contributed by atoms with Gasteiger partial charge in [0.2, 0.25) is 10.0 Å². The van der Waals surface area contributed by atoms with E-state index in [1.807, 2.05) is 0 Å². The minimum Gasteiger partial charge on any atom is -0.441 e. The average molecular weight is 496 g/mol. The van der Waals surface area contributed by atoms with E-state index in [4.69, 9.17) is 16.3 Å². The molecule has 1 aromatic carbocycles. The monoisotopic (exact) mass is 495 g/mol. The van der Waals surface area contributed by atoms with Crippen LogP contribution in [0.5, 0.6) is 0 Å². The SMILES string of the molecule is CCN1CCN(C(=O)OC2([C@H]3CCC[C@@H](C4CC4)N3S(=O)(=O)c3ccc(Cl)cc3)CC2)CC1. The zero-order valence-electron chi connectivity index (χ0n) is 19.3. The summed E-state index contributed by atoms with van der Waals surface area (Å²) < 4.78 is 35.7. The summed E-state index contributed by atoms with van der Waals surface area (Å²) in [5.41, 5.74) is -0.702. The number of nitrogens with zero attached hydrogens (tertiary/aromatic N) is 3. The van der Waals surface area contributed by atoms with E-state index in [2.05, 4.69) is 11.8 Å². The Morgan fingerprint density at radius 3 is 2.30 bits per heavy atom. The van der Waals surface area contributed by atoms with Crippen LogP contribution in [0, 0.1) is 5.92 Å². The molecule has 1 aromatic rings. The molecule has 2 heterocycles. The topological polar surface area (TPSA) is 70.2 Å². The van der Waals surface area contributed by atoms with Gasteiger partial charge in [0.1, 0.15) is 5.60 Å². The Kier molecular flexibility index (Phi) is 6.40. The molecule has 7 nitrogen and oxygen atoms in total. The zero-order chi connectivity index (χ0) is 23.2. The first-order chi connectivity index (χ1) is 15.8. The van der Waals surface area contributed by atoms with Gasteiger partial charge in [-0.25, -0.2) is 13.2 Å². The molecule has 2 aliphatic carbocycles. The molecule has 0 N–H and O–H groups in total. The molecule has 182 valence electrons. The minimum atomic E-state index is -3.73. The molecular formula is C24H34ClN3O4S. The molecule has 0 spiro atoms. The van der Waals surface area contributed by atoms with Crippen LogP contribution in [-0.2, 0) is 14.8 Å². The molecule has 2 atom stereocenters. The largest absolute Gasteiger partial charge is 0.441 e. The van der Waals surface area contributed by atoms with Crippen molar-refractivity contribution in [1.29, 1.82) is 0 Å². The van der Waals surface area contributed by atoms with Gasteiger partial charge in [0.15, 0.2) is 0 Å². The van der Waals surface area contributed by atoms with Gasteiger partial charge in [-0.05, 0) is 75.3 Å². The Labute approximate surface area is 202 Å². The van der Waals surface area contributed by atoms with Crippen LogP contribution in [0.3, 0.4) is 0 Å². The highest BCUT2D eigenvalue weighted by atomic mass is 35.5. The van der Waals surface area contributed by atoms with Crippen LogP contribution in [-0.4, -0.2) is 79.0 Å². The lowest BCUT2D eigenvalue weighted by atomic mass is 9.91. The highest BCUT2D eigenvalue weighted by Crippen LogP contribution is 2.53. The van der Waals surface area contributed by atoms with Gasteiger partial charge >= 0.3 is 6.09 Å². The number of halogens is 1. The fraction of sp³-hybridized carbons (Fsp3) is 0.708. The Hall–Kier alpha value is -1.35. The maximum atomic E-state index is 13.9. The number of ether oxygens (including phenoxy) is 1. The van der Waals surface area contributed by atoms with E-state index >= 15 is 0 Å². The molecule has 2 saturated heterocycles. The Bertz CT molecular complexity index is 970. The number of benzene rings is 1. The number of hydrogen-bond donors (Lipinski definition) is 0. The van der Waals surface area contributed by atoms with E-state index in [1.165, 1.54) is 0 Å². The second-order valence-corrected chi connectivity index (χ2v) is 12.3. The third-order valence-corrected chi connectivity index (χ3v) is 10.1. The zero-order valence-corrected chi connectivity index (χ0v) is 20.9. The summed E-state index contributed by atoms with van der Waals surface area (Å²) in [6.45, 7) is 6.12. The van der Waals surface area contributed by atoms with E-state index in [0.29, 0.717) is 24.0 Å². The van der Waals surface area contributed by atoms with Gasteiger partial charge in [-0.2, -0.15) is 4.31 Å². The lowest BCUT2D eigenvalue weighted by molar-refractivity contribution is -0.0158. The van der Waals surface area contributed by atoms with Crippen molar-refractivity contribution in [3.8, 4) is 0 Å².